The van der Waals surface area contributed by atoms with Crippen LogP contribution < -0.4 is 0 Å². The molecule has 1 N–H and O–H groups in total. The van der Waals surface area contributed by atoms with Gasteiger partial charge in [0.25, 0.3) is 0 Å². The molecule has 1 spiro atoms. The summed E-state index contributed by atoms with van der Waals surface area (Å²) in [5, 5.41) is 13.4. The normalized spacial score (nSPS) is 20.1. The van der Waals surface area contributed by atoms with Gasteiger partial charge in [0.2, 0.25) is 0 Å². The van der Waals surface area contributed by atoms with Crippen molar-refractivity contribution >= 4 is 22.5 Å². The van der Waals surface area contributed by atoms with Crippen LogP contribution in [0.4, 0.5) is 0 Å². The van der Waals surface area contributed by atoms with Crippen LogP contribution in [0.15, 0.2) is 41.3 Å². The first-order chi connectivity index (χ1) is 14.5. The minimum Gasteiger partial charge on any atom is -0.507 e. The predicted octanol–water partition coefficient (Wildman–Crippen LogP) is 8.39. The van der Waals surface area contributed by atoms with E-state index in [1.807, 2.05) is 0 Å². The molecule has 0 heterocycles. The van der Waals surface area contributed by atoms with Gasteiger partial charge in [0.05, 0.1) is 0 Å². The Balaban J connectivity index is 1.92. The lowest BCUT2D eigenvalue weighted by molar-refractivity contribution is 0.0645. The number of hydrogen-bond donors (Lipinski definition) is 1. The molecule has 31 heavy (non-hydrogen) atoms. The van der Waals surface area contributed by atoms with Crippen molar-refractivity contribution in [2.45, 2.75) is 71.1 Å². The number of rotatable bonds is 1. The molecule has 0 atom stereocenters. The van der Waals surface area contributed by atoms with Crippen molar-refractivity contribution in [3.05, 3.63) is 58.7 Å². The maximum atomic E-state index is 11.2. The van der Waals surface area contributed by atoms with Gasteiger partial charge in [0.1, 0.15) is 5.75 Å². The van der Waals surface area contributed by atoms with Crippen LogP contribution in [-0.2, 0) is 5.41 Å². The van der Waals surface area contributed by atoms with Crippen LogP contribution >= 0.6 is 11.8 Å². The van der Waals surface area contributed by atoms with Gasteiger partial charge < -0.3 is 5.11 Å². The monoisotopic (exact) mass is 430 g/mol. The molecule has 3 aromatic rings. The van der Waals surface area contributed by atoms with Gasteiger partial charge in [-0.3, -0.25) is 0 Å². The summed E-state index contributed by atoms with van der Waals surface area (Å²) in [7, 11) is 0. The van der Waals surface area contributed by atoms with E-state index < -0.39 is 0 Å². The zero-order chi connectivity index (χ0) is 22.3. The number of benzene rings is 3. The van der Waals surface area contributed by atoms with Gasteiger partial charge in [-0.15, -0.1) is 11.8 Å². The van der Waals surface area contributed by atoms with Crippen molar-refractivity contribution in [3.63, 3.8) is 0 Å². The third-order valence-electron chi connectivity index (χ3n) is 7.62. The van der Waals surface area contributed by atoms with Gasteiger partial charge in [-0.05, 0) is 102 Å². The largest absolute Gasteiger partial charge is 0.507 e. The second kappa shape index (κ2) is 6.54. The number of phenolic OH excluding ortho intramolecular Hbond substituents is 1. The number of aryl methyl sites for hydroxylation is 2. The van der Waals surface area contributed by atoms with Crippen molar-refractivity contribution in [3.8, 4) is 16.9 Å². The van der Waals surface area contributed by atoms with E-state index in [9.17, 15) is 5.11 Å². The first-order valence-electron chi connectivity index (χ1n) is 11.4. The van der Waals surface area contributed by atoms with E-state index in [1.54, 1.807) is 11.8 Å². The van der Waals surface area contributed by atoms with Gasteiger partial charge in [0.15, 0.2) is 0 Å². The van der Waals surface area contributed by atoms with Gasteiger partial charge in [-0.25, -0.2) is 0 Å². The van der Waals surface area contributed by atoms with Gasteiger partial charge in [-0.1, -0.05) is 51.5 Å². The summed E-state index contributed by atoms with van der Waals surface area (Å²) in [4.78, 5) is 1.24. The average Bonchev–Trinajstić information content (AvgIpc) is 2.87. The van der Waals surface area contributed by atoms with E-state index in [0.717, 1.165) is 18.2 Å². The molecule has 0 unspecified atom stereocenters. The van der Waals surface area contributed by atoms with Gasteiger partial charge >= 0.3 is 0 Å². The number of aromatic hydroxyl groups is 1. The van der Waals surface area contributed by atoms with E-state index in [0.29, 0.717) is 5.75 Å². The van der Waals surface area contributed by atoms with Crippen LogP contribution in [0, 0.1) is 24.7 Å². The Morgan fingerprint density at radius 3 is 2.13 bits per heavy atom. The average molecular weight is 431 g/mol. The van der Waals surface area contributed by atoms with E-state index in [4.69, 9.17) is 0 Å². The molecular formula is C29H34OS. The van der Waals surface area contributed by atoms with Crippen molar-refractivity contribution in [2.75, 3.05) is 6.26 Å². The molecule has 0 amide bonds. The maximum absolute atomic E-state index is 11.2. The predicted molar refractivity (Wildman–Crippen MR) is 134 cm³/mol. The fourth-order valence-electron chi connectivity index (χ4n) is 7.34. The highest BCUT2D eigenvalue weighted by Crippen LogP contribution is 2.64. The topological polar surface area (TPSA) is 20.2 Å². The summed E-state index contributed by atoms with van der Waals surface area (Å²) < 4.78 is 0. The van der Waals surface area contributed by atoms with Gasteiger partial charge in [-0.2, -0.15) is 0 Å². The number of thioether (sulfide) groups is 1. The second-order valence-electron chi connectivity index (χ2n) is 11.7. The number of fused-ring (bicyclic) bond motifs is 7. The minimum absolute atomic E-state index is 0.0420. The standard InChI is InChI=1S/C29H34OS/c1-17-8-9-19-22(10-17)29(15-27(3,4)14-28(5,6)16-29)23-13-24(30)20-12-25(31-7)18(2)11-21(20)26(19)23/h8-13,30H,14-16H2,1-7H3. The zero-order valence-electron chi connectivity index (χ0n) is 19.9. The van der Waals surface area contributed by atoms with Crippen LogP contribution in [0.1, 0.15) is 69.2 Å². The van der Waals surface area contributed by atoms with E-state index in [1.165, 1.54) is 50.1 Å². The Hall–Kier alpha value is -1.93. The first kappa shape index (κ1) is 20.9. The maximum Gasteiger partial charge on any atom is 0.123 e. The molecule has 162 valence electrons. The molecule has 2 aliphatic rings. The minimum atomic E-state index is -0.0420. The molecule has 0 bridgehead atoms. The lowest BCUT2D eigenvalue weighted by Gasteiger charge is -2.51. The summed E-state index contributed by atoms with van der Waals surface area (Å²) in [5.41, 5.74) is 8.59. The first-order valence-corrected chi connectivity index (χ1v) is 12.7. The van der Waals surface area contributed by atoms with Crippen LogP contribution in [0.3, 0.4) is 0 Å². The smallest absolute Gasteiger partial charge is 0.123 e. The Labute approximate surface area is 191 Å². The molecule has 1 fully saturated rings. The molecule has 0 saturated heterocycles. The lowest BCUT2D eigenvalue weighted by Crippen LogP contribution is -2.43. The molecule has 0 radical (unpaired) electrons. The molecule has 1 saturated carbocycles. The summed E-state index contributed by atoms with van der Waals surface area (Å²) in [6.45, 7) is 14.1. The van der Waals surface area contributed by atoms with Crippen LogP contribution in [0.5, 0.6) is 5.75 Å². The zero-order valence-corrected chi connectivity index (χ0v) is 20.8. The summed E-state index contributed by atoms with van der Waals surface area (Å²) in [6.07, 6.45) is 5.59. The SMILES string of the molecule is CSc1cc2c(O)cc3c(c2cc1C)-c1ccc(C)cc1C31CC(C)(C)CC(C)(C)C1. The molecule has 2 heteroatoms. The summed E-state index contributed by atoms with van der Waals surface area (Å²) in [6, 6.07) is 13.6. The fraction of sp³-hybridized carbons (Fsp3) is 0.448. The number of hydrogen-bond acceptors (Lipinski definition) is 2. The Bertz CT molecular complexity index is 1220. The Morgan fingerprint density at radius 1 is 0.806 bits per heavy atom. The molecule has 1 nitrogen and oxygen atoms in total. The Kier molecular flexibility index (Phi) is 4.42. The van der Waals surface area contributed by atoms with E-state index >= 15 is 0 Å². The van der Waals surface area contributed by atoms with E-state index in [2.05, 4.69) is 84.2 Å². The molecule has 0 aliphatic heterocycles. The van der Waals surface area contributed by atoms with Crippen molar-refractivity contribution in [2.24, 2.45) is 10.8 Å². The van der Waals surface area contributed by atoms with Crippen molar-refractivity contribution in [1.82, 2.24) is 0 Å². The molecular weight excluding hydrogens is 396 g/mol. The van der Waals surface area contributed by atoms with Crippen LogP contribution in [0.2, 0.25) is 0 Å². The highest BCUT2D eigenvalue weighted by Gasteiger charge is 2.53. The lowest BCUT2D eigenvalue weighted by atomic mass is 9.52. The number of phenols is 1. The van der Waals surface area contributed by atoms with Crippen molar-refractivity contribution < 1.29 is 5.11 Å². The third kappa shape index (κ3) is 3.05. The van der Waals surface area contributed by atoms with Crippen LogP contribution in [0.25, 0.3) is 21.9 Å². The van der Waals surface area contributed by atoms with Gasteiger partial charge in [0, 0.05) is 15.7 Å². The second-order valence-corrected chi connectivity index (χ2v) is 12.5. The molecule has 0 aromatic heterocycles. The quantitative estimate of drug-likeness (QED) is 0.391. The summed E-state index contributed by atoms with van der Waals surface area (Å²) in [5.74, 6) is 0.425. The van der Waals surface area contributed by atoms with E-state index in [-0.39, 0.29) is 16.2 Å². The molecule has 2 aliphatic carbocycles. The van der Waals surface area contributed by atoms with Crippen molar-refractivity contribution in [1.29, 1.82) is 0 Å². The molecule has 5 rings (SSSR count). The summed E-state index contributed by atoms with van der Waals surface area (Å²) >= 11 is 1.75. The Morgan fingerprint density at radius 2 is 1.48 bits per heavy atom. The highest BCUT2D eigenvalue weighted by atomic mass is 32.2. The molecule has 3 aromatic carbocycles. The fourth-order valence-corrected chi connectivity index (χ4v) is 7.96. The highest BCUT2D eigenvalue weighted by molar-refractivity contribution is 7.98. The third-order valence-corrected chi connectivity index (χ3v) is 8.50. The van der Waals surface area contributed by atoms with Crippen LogP contribution in [-0.4, -0.2) is 11.4 Å².